The molecule has 0 radical (unpaired) electrons. The maximum atomic E-state index is 13.0. The molecule has 176 valence electrons. The Morgan fingerprint density at radius 2 is 1.94 bits per heavy atom. The van der Waals surface area contributed by atoms with Crippen molar-refractivity contribution in [2.24, 2.45) is 22.7 Å². The Balaban J connectivity index is 1.67. The Labute approximate surface area is 192 Å². The van der Waals surface area contributed by atoms with Gasteiger partial charge in [-0.3, -0.25) is 0 Å². The summed E-state index contributed by atoms with van der Waals surface area (Å²) in [5.41, 5.74) is -2.10. The summed E-state index contributed by atoms with van der Waals surface area (Å²) in [6, 6.07) is 1.24. The summed E-state index contributed by atoms with van der Waals surface area (Å²) in [5, 5.41) is 43.4. The Morgan fingerprint density at radius 1 is 1.28 bits per heavy atom. The fraction of sp³-hybridized carbons (Fsp3) is 0.625. The second kappa shape index (κ2) is 7.35. The number of carbonyl (C=O) groups excluding carboxylic acids is 1. The zero-order chi connectivity index (χ0) is 23.8. The number of phenolic OH excluding ortho intramolecular Hbond substituents is 1. The van der Waals surface area contributed by atoms with E-state index in [-0.39, 0.29) is 45.9 Å². The number of esters is 1. The summed E-state index contributed by atoms with van der Waals surface area (Å²) in [6.45, 7) is 7.08. The summed E-state index contributed by atoms with van der Waals surface area (Å²) < 4.78 is 10.8. The largest absolute Gasteiger partial charge is 0.507 e. The number of aliphatic hydroxyl groups excluding tert-OH is 2. The maximum absolute atomic E-state index is 13.0. The minimum atomic E-state index is -1.61. The molecule has 2 saturated carbocycles. The van der Waals surface area contributed by atoms with Crippen molar-refractivity contribution in [2.75, 3.05) is 13.7 Å². The molecular formula is C24H31ClO7. The molecular weight excluding hydrogens is 436 g/mol. The first-order valence-corrected chi connectivity index (χ1v) is 11.2. The molecule has 1 aromatic carbocycles. The van der Waals surface area contributed by atoms with Crippen LogP contribution in [0.15, 0.2) is 17.7 Å². The number of allylic oxidation sites excluding steroid dienone is 1. The number of hydrogen-bond donors (Lipinski definition) is 4. The molecule has 0 bridgehead atoms. The van der Waals surface area contributed by atoms with Gasteiger partial charge in [-0.1, -0.05) is 38.4 Å². The molecule has 8 heteroatoms. The fourth-order valence-corrected chi connectivity index (χ4v) is 6.70. The van der Waals surface area contributed by atoms with Crippen molar-refractivity contribution in [1.82, 2.24) is 0 Å². The molecule has 0 spiro atoms. The second-order valence-electron chi connectivity index (χ2n) is 10.4. The number of carbonyl (C=O) groups is 1. The molecule has 1 aromatic rings. The van der Waals surface area contributed by atoms with E-state index in [1.165, 1.54) is 13.2 Å². The van der Waals surface area contributed by atoms with E-state index >= 15 is 0 Å². The quantitative estimate of drug-likeness (QED) is 0.398. The Kier molecular flexibility index (Phi) is 5.37. The lowest BCUT2D eigenvalue weighted by Gasteiger charge is -2.65. The number of fused-ring (bicyclic) bond motifs is 3. The van der Waals surface area contributed by atoms with E-state index in [1.807, 2.05) is 26.8 Å². The summed E-state index contributed by atoms with van der Waals surface area (Å²) in [4.78, 5) is 13.0. The van der Waals surface area contributed by atoms with Gasteiger partial charge in [0.2, 0.25) is 0 Å². The number of benzene rings is 1. The van der Waals surface area contributed by atoms with Gasteiger partial charge in [-0.05, 0) is 42.2 Å². The average Bonchev–Trinajstić information content (AvgIpc) is 2.95. The Hall–Kier alpha value is -1.80. The number of hydrogen-bond acceptors (Lipinski definition) is 7. The van der Waals surface area contributed by atoms with E-state index in [9.17, 15) is 25.2 Å². The number of rotatable bonds is 4. The summed E-state index contributed by atoms with van der Waals surface area (Å²) in [5.74, 6) is -1.13. The van der Waals surface area contributed by atoms with Crippen molar-refractivity contribution in [3.05, 3.63) is 33.9 Å². The first kappa shape index (κ1) is 23.4. The maximum Gasteiger partial charge on any atom is 0.342 e. The second-order valence-corrected chi connectivity index (χ2v) is 10.7. The molecule has 0 aliphatic heterocycles. The van der Waals surface area contributed by atoms with Gasteiger partial charge in [0.05, 0.1) is 24.8 Å². The number of aliphatic hydroxyl groups is 3. The third-order valence-corrected chi connectivity index (χ3v) is 8.71. The molecule has 3 aliphatic rings. The first-order valence-electron chi connectivity index (χ1n) is 10.8. The highest BCUT2D eigenvalue weighted by Gasteiger charge is 2.74. The van der Waals surface area contributed by atoms with Crippen LogP contribution in [0.2, 0.25) is 5.02 Å². The SMILES string of the molecule is COc1cc(O)c(C(=O)O[C@@H]2C[C@]3(C)[C@@H]4[C@H](C=C(CO)[C@]23O)CC(C)(C)[C@@H]4O)c(C)c1Cl. The van der Waals surface area contributed by atoms with Crippen LogP contribution in [-0.4, -0.2) is 57.9 Å². The van der Waals surface area contributed by atoms with Gasteiger partial charge < -0.3 is 29.9 Å². The molecule has 4 N–H and O–H groups in total. The molecule has 0 unspecified atom stereocenters. The smallest absolute Gasteiger partial charge is 0.342 e. The van der Waals surface area contributed by atoms with Gasteiger partial charge in [-0.25, -0.2) is 4.79 Å². The lowest BCUT2D eigenvalue weighted by Crippen LogP contribution is -2.74. The van der Waals surface area contributed by atoms with Crippen LogP contribution < -0.4 is 4.74 Å². The normalized spacial score (nSPS) is 37.1. The predicted octanol–water partition coefficient (Wildman–Crippen LogP) is 2.98. The topological polar surface area (TPSA) is 116 Å². The van der Waals surface area contributed by atoms with Crippen molar-refractivity contribution in [3.8, 4) is 11.5 Å². The third-order valence-electron chi connectivity index (χ3n) is 8.24. The minimum absolute atomic E-state index is 0.0239. The Morgan fingerprint density at radius 3 is 2.53 bits per heavy atom. The average molecular weight is 467 g/mol. The van der Waals surface area contributed by atoms with Gasteiger partial charge >= 0.3 is 5.97 Å². The lowest BCUT2D eigenvalue weighted by molar-refractivity contribution is -0.260. The summed E-state index contributed by atoms with van der Waals surface area (Å²) in [7, 11) is 1.40. The predicted molar refractivity (Wildman–Crippen MR) is 118 cm³/mol. The zero-order valence-corrected chi connectivity index (χ0v) is 19.7. The van der Waals surface area contributed by atoms with Crippen LogP contribution in [0.1, 0.15) is 49.5 Å². The van der Waals surface area contributed by atoms with Crippen molar-refractivity contribution in [2.45, 2.75) is 58.3 Å². The summed E-state index contributed by atoms with van der Waals surface area (Å²) >= 11 is 6.25. The number of methoxy groups -OCH3 is 1. The van der Waals surface area contributed by atoms with E-state index < -0.39 is 29.2 Å². The Bertz CT molecular complexity index is 1000. The molecule has 6 atom stereocenters. The third kappa shape index (κ3) is 2.87. The molecule has 0 amide bonds. The lowest BCUT2D eigenvalue weighted by atomic mass is 9.43. The van der Waals surface area contributed by atoms with Crippen molar-refractivity contribution < 1.29 is 34.7 Å². The van der Waals surface area contributed by atoms with Crippen LogP contribution >= 0.6 is 11.6 Å². The monoisotopic (exact) mass is 466 g/mol. The number of ether oxygens (including phenoxy) is 2. The number of halogens is 1. The van der Waals surface area contributed by atoms with Crippen molar-refractivity contribution in [1.29, 1.82) is 0 Å². The highest BCUT2D eigenvalue weighted by molar-refractivity contribution is 6.33. The molecule has 0 heterocycles. The van der Waals surface area contributed by atoms with Crippen molar-refractivity contribution in [3.63, 3.8) is 0 Å². The zero-order valence-electron chi connectivity index (χ0n) is 19.0. The highest BCUT2D eigenvalue weighted by atomic mass is 35.5. The van der Waals surface area contributed by atoms with E-state index in [1.54, 1.807) is 6.92 Å². The molecule has 0 aromatic heterocycles. The van der Waals surface area contributed by atoms with Crippen LogP contribution in [0, 0.1) is 29.6 Å². The number of phenols is 1. The van der Waals surface area contributed by atoms with Crippen LogP contribution in [0.25, 0.3) is 0 Å². The fourth-order valence-electron chi connectivity index (χ4n) is 6.47. The molecule has 32 heavy (non-hydrogen) atoms. The standard InChI is InChI=1S/C24H31ClO7/c1-11-17(14(27)7-15(31-5)19(11)25)21(29)32-16-9-23(4)18-12(8-22(2,3)20(18)28)6-13(10-26)24(16,23)30/h6-7,12,16,18,20,26-28,30H,8-10H2,1-5H3/t12-,16-,18-,20-,23-,24+/m1/s1. The first-order chi connectivity index (χ1) is 14.8. The minimum Gasteiger partial charge on any atom is -0.507 e. The molecule has 2 fully saturated rings. The number of aromatic hydroxyl groups is 1. The summed E-state index contributed by atoms with van der Waals surface area (Å²) in [6.07, 6.45) is 1.34. The highest BCUT2D eigenvalue weighted by Crippen LogP contribution is 2.68. The van der Waals surface area contributed by atoms with E-state index in [0.29, 0.717) is 17.6 Å². The van der Waals surface area contributed by atoms with Gasteiger partial charge in [-0.15, -0.1) is 0 Å². The molecule has 0 saturated heterocycles. The van der Waals surface area contributed by atoms with E-state index in [2.05, 4.69) is 0 Å². The van der Waals surface area contributed by atoms with Crippen LogP contribution in [0.3, 0.4) is 0 Å². The molecule has 3 aliphatic carbocycles. The molecule has 7 nitrogen and oxygen atoms in total. The van der Waals surface area contributed by atoms with Crippen LogP contribution in [-0.2, 0) is 4.74 Å². The van der Waals surface area contributed by atoms with Gasteiger partial charge in [0.1, 0.15) is 28.8 Å². The van der Waals surface area contributed by atoms with E-state index in [4.69, 9.17) is 21.1 Å². The van der Waals surface area contributed by atoms with Gasteiger partial charge in [-0.2, -0.15) is 0 Å². The van der Waals surface area contributed by atoms with Crippen molar-refractivity contribution >= 4 is 17.6 Å². The van der Waals surface area contributed by atoms with Crippen LogP contribution in [0.4, 0.5) is 0 Å². The van der Waals surface area contributed by atoms with Gasteiger partial charge in [0, 0.05) is 17.4 Å². The van der Waals surface area contributed by atoms with Gasteiger partial charge in [0.15, 0.2) is 0 Å². The van der Waals surface area contributed by atoms with Gasteiger partial charge in [0.25, 0.3) is 0 Å². The van der Waals surface area contributed by atoms with E-state index in [0.717, 1.165) is 6.42 Å². The van der Waals surface area contributed by atoms with Crippen LogP contribution in [0.5, 0.6) is 11.5 Å². The molecule has 4 rings (SSSR count).